The molecule has 0 saturated heterocycles. The Hall–Kier alpha value is -3.41. The number of hydrogen-bond donors (Lipinski definition) is 0. The molecule has 82 heavy (non-hydrogen) atoms. The van der Waals surface area contributed by atoms with E-state index >= 15 is 0 Å². The van der Waals surface area contributed by atoms with Crippen molar-refractivity contribution in [1.29, 1.82) is 0 Å². The number of ether oxygens (including phenoxy) is 3. The van der Waals surface area contributed by atoms with Gasteiger partial charge in [-0.1, -0.05) is 337 Å². The number of unbranched alkanes of at least 4 members (excludes halogenated alkanes) is 40. The van der Waals surface area contributed by atoms with Crippen molar-refractivity contribution in [3.8, 4) is 0 Å². The van der Waals surface area contributed by atoms with Crippen LogP contribution in [0.4, 0.5) is 0 Å². The maximum atomic E-state index is 12.9. The molecular weight excluding hydrogens is 1010 g/mol. The zero-order valence-corrected chi connectivity index (χ0v) is 54.5. The minimum atomic E-state index is -0.800. The van der Waals surface area contributed by atoms with Gasteiger partial charge in [-0.25, -0.2) is 0 Å². The van der Waals surface area contributed by atoms with Gasteiger partial charge < -0.3 is 14.2 Å². The van der Waals surface area contributed by atoms with Gasteiger partial charge in [-0.3, -0.25) is 14.4 Å². The molecule has 0 fully saturated rings. The Morgan fingerprint density at radius 1 is 0.256 bits per heavy atom. The summed E-state index contributed by atoms with van der Waals surface area (Å²) in [5.41, 5.74) is 0. The predicted octanol–water partition coefficient (Wildman–Crippen LogP) is 24.6. The number of carbonyl (C=O) groups is 3. The summed E-state index contributed by atoms with van der Waals surface area (Å²) < 4.78 is 16.9. The molecule has 1 atom stereocenters. The van der Waals surface area contributed by atoms with Crippen molar-refractivity contribution in [2.24, 2.45) is 0 Å². The molecule has 0 bridgehead atoms. The maximum absolute atomic E-state index is 12.9. The lowest BCUT2D eigenvalue weighted by Gasteiger charge is -2.18. The highest BCUT2D eigenvalue weighted by Gasteiger charge is 2.19. The monoisotopic (exact) mass is 1140 g/mol. The molecule has 0 aliphatic heterocycles. The molecule has 474 valence electrons. The molecule has 0 heterocycles. The molecule has 0 aliphatic carbocycles. The van der Waals surface area contributed by atoms with Gasteiger partial charge in [0.1, 0.15) is 13.2 Å². The second-order valence-electron chi connectivity index (χ2n) is 23.7. The number of esters is 3. The van der Waals surface area contributed by atoms with Crippen LogP contribution >= 0.6 is 0 Å². The van der Waals surface area contributed by atoms with Crippen molar-refractivity contribution in [3.05, 3.63) is 85.1 Å². The first kappa shape index (κ1) is 78.6. The highest BCUT2D eigenvalue weighted by atomic mass is 16.6. The Kier molecular flexibility index (Phi) is 67.2. The molecule has 0 aromatic carbocycles. The Morgan fingerprint density at radius 3 is 0.768 bits per heavy atom. The minimum absolute atomic E-state index is 0.0914. The third-order valence-corrected chi connectivity index (χ3v) is 15.6. The van der Waals surface area contributed by atoms with Gasteiger partial charge in [0.25, 0.3) is 0 Å². The molecule has 0 saturated carbocycles. The summed E-state index contributed by atoms with van der Waals surface area (Å²) in [6.45, 7) is 6.42. The first-order valence-corrected chi connectivity index (χ1v) is 35.6. The summed E-state index contributed by atoms with van der Waals surface area (Å²) in [6.07, 6.45) is 93.5. The van der Waals surface area contributed by atoms with Crippen LogP contribution in [0.25, 0.3) is 0 Å². The molecule has 0 spiro atoms. The SMILES string of the molecule is CC/C=C\C/C=C\C/C=C\C/C=C\CCCCC(=O)OCC(COC(=O)CCCCCCCCCCCCCCCCCCCCCCCCCCCCCCCCCC)OC(=O)CCCCCCCCC/C=C\C/C=C\C/C=C\CC. The number of rotatable bonds is 65. The Labute approximate surface area is 509 Å². The van der Waals surface area contributed by atoms with Crippen molar-refractivity contribution in [2.45, 2.75) is 367 Å². The lowest BCUT2D eigenvalue weighted by atomic mass is 10.0. The Balaban J connectivity index is 4.19. The standard InChI is InChI=1S/C76H134O6/c1-4-7-10-13-16-19-22-25-28-30-31-32-33-34-35-36-37-38-39-40-41-42-43-44-46-48-51-54-57-60-63-66-69-75(78)81-72-73(71-80-74(77)68-65-62-59-56-53-50-47-27-24-21-18-15-12-9-6-3)82-76(79)70-67-64-61-58-55-52-49-45-29-26-23-20-17-14-11-8-5-2/h8-9,11-12,17-18,20-21,26-27,29,47,53,56,73H,4-7,10,13-16,19,22-25,28,30-46,48-52,54-55,57-72H2,1-3H3/b11-8-,12-9-,20-17-,21-18-,29-26-,47-27-,56-53-. The van der Waals surface area contributed by atoms with Crippen molar-refractivity contribution < 1.29 is 28.6 Å². The molecule has 0 radical (unpaired) electrons. The predicted molar refractivity (Wildman–Crippen MR) is 358 cm³/mol. The van der Waals surface area contributed by atoms with E-state index in [0.29, 0.717) is 19.3 Å². The quantitative estimate of drug-likeness (QED) is 0.0261. The van der Waals surface area contributed by atoms with Crippen LogP contribution in [0.2, 0.25) is 0 Å². The molecule has 6 heteroatoms. The molecule has 6 nitrogen and oxygen atoms in total. The fourth-order valence-electron chi connectivity index (χ4n) is 10.4. The minimum Gasteiger partial charge on any atom is -0.462 e. The lowest BCUT2D eigenvalue weighted by Crippen LogP contribution is -2.30. The highest BCUT2D eigenvalue weighted by molar-refractivity contribution is 5.71. The molecule has 0 amide bonds. The lowest BCUT2D eigenvalue weighted by molar-refractivity contribution is -0.167. The van der Waals surface area contributed by atoms with Crippen LogP contribution in [-0.4, -0.2) is 37.2 Å². The van der Waals surface area contributed by atoms with Crippen LogP contribution in [0.5, 0.6) is 0 Å². The molecule has 0 aromatic rings. The van der Waals surface area contributed by atoms with E-state index in [0.717, 1.165) is 109 Å². The normalized spacial score (nSPS) is 12.6. The summed E-state index contributed by atoms with van der Waals surface area (Å²) in [4.78, 5) is 38.4. The molecule has 0 aliphatic rings. The number of hydrogen-bond acceptors (Lipinski definition) is 6. The van der Waals surface area contributed by atoms with E-state index < -0.39 is 6.10 Å². The second kappa shape index (κ2) is 70.1. The summed E-state index contributed by atoms with van der Waals surface area (Å²) in [5, 5.41) is 0. The van der Waals surface area contributed by atoms with Gasteiger partial charge in [0.15, 0.2) is 6.10 Å². The Bertz CT molecular complexity index is 1550. The second-order valence-corrected chi connectivity index (χ2v) is 23.7. The van der Waals surface area contributed by atoms with E-state index in [1.165, 1.54) is 212 Å². The van der Waals surface area contributed by atoms with Gasteiger partial charge in [-0.2, -0.15) is 0 Å². The van der Waals surface area contributed by atoms with Gasteiger partial charge in [-0.15, -0.1) is 0 Å². The van der Waals surface area contributed by atoms with Crippen LogP contribution in [0.15, 0.2) is 85.1 Å². The largest absolute Gasteiger partial charge is 0.462 e. The van der Waals surface area contributed by atoms with Gasteiger partial charge in [0, 0.05) is 19.3 Å². The van der Waals surface area contributed by atoms with E-state index in [-0.39, 0.29) is 31.1 Å². The van der Waals surface area contributed by atoms with Gasteiger partial charge in [0.05, 0.1) is 0 Å². The van der Waals surface area contributed by atoms with Crippen LogP contribution in [0.3, 0.4) is 0 Å². The topological polar surface area (TPSA) is 78.9 Å². The van der Waals surface area contributed by atoms with Crippen molar-refractivity contribution in [2.75, 3.05) is 13.2 Å². The van der Waals surface area contributed by atoms with Crippen LogP contribution in [0, 0.1) is 0 Å². The van der Waals surface area contributed by atoms with Crippen molar-refractivity contribution in [3.63, 3.8) is 0 Å². The van der Waals surface area contributed by atoms with Crippen LogP contribution in [-0.2, 0) is 28.6 Å². The summed E-state index contributed by atoms with van der Waals surface area (Å²) in [6, 6.07) is 0. The third-order valence-electron chi connectivity index (χ3n) is 15.6. The first-order chi connectivity index (χ1) is 40.5. The molecule has 0 rings (SSSR count). The van der Waals surface area contributed by atoms with Crippen molar-refractivity contribution in [1.82, 2.24) is 0 Å². The highest BCUT2D eigenvalue weighted by Crippen LogP contribution is 2.18. The zero-order valence-electron chi connectivity index (χ0n) is 54.5. The molecule has 1 unspecified atom stereocenters. The molecule has 0 aromatic heterocycles. The maximum Gasteiger partial charge on any atom is 0.306 e. The smallest absolute Gasteiger partial charge is 0.306 e. The average Bonchev–Trinajstić information content (AvgIpc) is 3.48. The summed E-state index contributed by atoms with van der Waals surface area (Å²) >= 11 is 0. The molecular formula is C76H134O6. The van der Waals surface area contributed by atoms with Crippen LogP contribution < -0.4 is 0 Å². The Morgan fingerprint density at radius 2 is 0.476 bits per heavy atom. The van der Waals surface area contributed by atoms with E-state index in [9.17, 15) is 14.4 Å². The van der Waals surface area contributed by atoms with E-state index in [2.05, 4.69) is 106 Å². The average molecular weight is 1140 g/mol. The van der Waals surface area contributed by atoms with E-state index in [4.69, 9.17) is 14.2 Å². The van der Waals surface area contributed by atoms with Gasteiger partial charge in [0.2, 0.25) is 0 Å². The fourth-order valence-corrected chi connectivity index (χ4v) is 10.4. The van der Waals surface area contributed by atoms with E-state index in [1.807, 2.05) is 0 Å². The number of carbonyl (C=O) groups excluding carboxylic acids is 3. The summed E-state index contributed by atoms with van der Waals surface area (Å²) in [7, 11) is 0. The first-order valence-electron chi connectivity index (χ1n) is 35.6. The third kappa shape index (κ3) is 67.4. The fraction of sp³-hybridized carbons (Fsp3) is 0.776. The van der Waals surface area contributed by atoms with Crippen molar-refractivity contribution >= 4 is 17.9 Å². The molecule has 0 N–H and O–H groups in total. The number of allylic oxidation sites excluding steroid dienone is 14. The zero-order chi connectivity index (χ0) is 59.2. The van der Waals surface area contributed by atoms with E-state index in [1.54, 1.807) is 0 Å². The van der Waals surface area contributed by atoms with Crippen LogP contribution in [0.1, 0.15) is 361 Å². The summed E-state index contributed by atoms with van der Waals surface area (Å²) in [5.74, 6) is -0.929. The van der Waals surface area contributed by atoms with Gasteiger partial charge >= 0.3 is 17.9 Å². The van der Waals surface area contributed by atoms with Gasteiger partial charge in [-0.05, 0) is 89.9 Å².